The maximum atomic E-state index is 12.8. The van der Waals surface area contributed by atoms with E-state index < -0.39 is 41.9 Å². The Morgan fingerprint density at radius 3 is 1.48 bits per heavy atom. The molecule has 3 nitrogen and oxygen atoms in total. The zero-order valence-corrected chi connectivity index (χ0v) is 14.5. The first-order valence-corrected chi connectivity index (χ1v) is 7.57. The Hall–Kier alpha value is -2.79. The van der Waals surface area contributed by atoms with Crippen LogP contribution in [0.25, 0.3) is 11.1 Å². The Bertz CT molecular complexity index is 846. The fraction of sp³-hybridized carbons (Fsp3) is 0.294. The fourth-order valence-electron chi connectivity index (χ4n) is 2.44. The first-order valence-electron chi connectivity index (χ1n) is 7.57. The zero-order chi connectivity index (χ0) is 22.2. The largest absolute Gasteiger partial charge is 0.573 e. The lowest BCUT2D eigenvalue weighted by Crippen LogP contribution is -2.21. The Kier molecular flexibility index (Phi) is 5.87. The second kappa shape index (κ2) is 7.56. The molecule has 12 heteroatoms. The molecule has 0 fully saturated rings. The molecule has 0 unspecified atom stereocenters. The summed E-state index contributed by atoms with van der Waals surface area (Å²) < 4.78 is 125. The number of ether oxygens (including phenoxy) is 3. The van der Waals surface area contributed by atoms with Crippen molar-refractivity contribution in [1.82, 2.24) is 0 Å². The number of aryl methyl sites for hydroxylation is 2. The van der Waals surface area contributed by atoms with Crippen molar-refractivity contribution in [1.29, 1.82) is 0 Å². The van der Waals surface area contributed by atoms with Gasteiger partial charge in [0.05, 0.1) is 5.56 Å². The maximum absolute atomic E-state index is 12.8. The standard InChI is InChI=1S/C17H11F9O3/c1-8-3-4-9(2)11(5-8)14-12(28-16(21,22)23)6-10(27-15(18,19)20)7-13(14)29-17(24,25)26/h3-7H,1-2H3. The van der Waals surface area contributed by atoms with E-state index in [0.717, 1.165) is 0 Å². The molecule has 0 saturated heterocycles. The first-order chi connectivity index (χ1) is 13.0. The van der Waals surface area contributed by atoms with E-state index in [2.05, 4.69) is 14.2 Å². The topological polar surface area (TPSA) is 27.7 Å². The van der Waals surface area contributed by atoms with Crippen molar-refractivity contribution in [3.05, 3.63) is 41.5 Å². The van der Waals surface area contributed by atoms with Gasteiger partial charge in [-0.1, -0.05) is 23.8 Å². The van der Waals surface area contributed by atoms with Crippen LogP contribution >= 0.6 is 0 Å². The van der Waals surface area contributed by atoms with Crippen LogP contribution in [0.2, 0.25) is 0 Å². The van der Waals surface area contributed by atoms with E-state index in [9.17, 15) is 39.5 Å². The van der Waals surface area contributed by atoms with Crippen LogP contribution in [0.5, 0.6) is 17.2 Å². The van der Waals surface area contributed by atoms with Gasteiger partial charge in [0.25, 0.3) is 0 Å². The summed E-state index contributed by atoms with van der Waals surface area (Å²) in [7, 11) is 0. The van der Waals surface area contributed by atoms with Crippen LogP contribution in [0.3, 0.4) is 0 Å². The lowest BCUT2D eigenvalue weighted by molar-refractivity contribution is -0.278. The fourth-order valence-corrected chi connectivity index (χ4v) is 2.44. The van der Waals surface area contributed by atoms with Crippen LogP contribution in [-0.2, 0) is 0 Å². The molecule has 0 saturated carbocycles. The summed E-state index contributed by atoms with van der Waals surface area (Å²) in [6.07, 6.45) is -16.2. The summed E-state index contributed by atoms with van der Waals surface area (Å²) in [4.78, 5) is 0. The molecule has 0 aromatic heterocycles. The van der Waals surface area contributed by atoms with Crippen molar-refractivity contribution in [2.75, 3.05) is 0 Å². The van der Waals surface area contributed by atoms with Gasteiger partial charge in [0.1, 0.15) is 17.2 Å². The van der Waals surface area contributed by atoms with Gasteiger partial charge in [0, 0.05) is 12.1 Å². The highest BCUT2D eigenvalue weighted by atomic mass is 19.4. The summed E-state index contributed by atoms with van der Waals surface area (Å²) in [5, 5.41) is 0. The predicted molar refractivity (Wildman–Crippen MR) is 81.4 cm³/mol. The molecule has 29 heavy (non-hydrogen) atoms. The van der Waals surface area contributed by atoms with E-state index in [1.54, 1.807) is 0 Å². The van der Waals surface area contributed by atoms with Gasteiger partial charge in [-0.2, -0.15) is 0 Å². The summed E-state index contributed by atoms with van der Waals surface area (Å²) in [6, 6.07) is 4.54. The van der Waals surface area contributed by atoms with Crippen LogP contribution in [0, 0.1) is 13.8 Å². The Labute approximate surface area is 157 Å². The van der Waals surface area contributed by atoms with E-state index in [-0.39, 0.29) is 23.3 Å². The smallest absolute Gasteiger partial charge is 0.406 e. The molecule has 0 spiro atoms. The second-order valence-electron chi connectivity index (χ2n) is 5.76. The monoisotopic (exact) mass is 434 g/mol. The van der Waals surface area contributed by atoms with Gasteiger partial charge in [-0.05, 0) is 25.0 Å². The third-order valence-corrected chi connectivity index (χ3v) is 3.39. The number of benzene rings is 2. The number of hydrogen-bond donors (Lipinski definition) is 0. The van der Waals surface area contributed by atoms with E-state index in [4.69, 9.17) is 0 Å². The molecule has 0 heterocycles. The minimum Gasteiger partial charge on any atom is -0.406 e. The van der Waals surface area contributed by atoms with Crippen molar-refractivity contribution in [3.8, 4) is 28.4 Å². The van der Waals surface area contributed by atoms with E-state index in [1.807, 2.05) is 0 Å². The minimum atomic E-state index is -5.42. The number of hydrogen-bond acceptors (Lipinski definition) is 3. The molecule has 0 aliphatic carbocycles. The molecule has 0 amide bonds. The quantitative estimate of drug-likeness (QED) is 0.504. The second-order valence-corrected chi connectivity index (χ2v) is 5.76. The van der Waals surface area contributed by atoms with Crippen LogP contribution in [0.1, 0.15) is 11.1 Å². The number of rotatable bonds is 4. The van der Waals surface area contributed by atoms with E-state index in [0.29, 0.717) is 5.56 Å². The molecule has 0 aliphatic heterocycles. The molecule has 160 valence electrons. The molecule has 0 bridgehead atoms. The van der Waals surface area contributed by atoms with Crippen LogP contribution in [0.4, 0.5) is 39.5 Å². The van der Waals surface area contributed by atoms with Gasteiger partial charge in [-0.25, -0.2) is 0 Å². The van der Waals surface area contributed by atoms with Gasteiger partial charge in [-0.15, -0.1) is 39.5 Å². The Balaban J connectivity index is 2.83. The lowest BCUT2D eigenvalue weighted by Gasteiger charge is -2.21. The number of halogens is 9. The summed E-state index contributed by atoms with van der Waals surface area (Å²) in [5.74, 6) is -4.09. The SMILES string of the molecule is Cc1ccc(C)c(-c2c(OC(F)(F)F)cc(OC(F)(F)F)cc2OC(F)(F)F)c1. The average molecular weight is 434 g/mol. The van der Waals surface area contributed by atoms with Gasteiger partial charge >= 0.3 is 19.1 Å². The molecule has 2 aromatic carbocycles. The summed E-state index contributed by atoms with van der Waals surface area (Å²) >= 11 is 0. The van der Waals surface area contributed by atoms with Crippen molar-refractivity contribution < 1.29 is 53.7 Å². The predicted octanol–water partition coefficient (Wildman–Crippen LogP) is 6.67. The number of alkyl halides is 9. The third kappa shape index (κ3) is 6.64. The summed E-state index contributed by atoms with van der Waals surface area (Å²) in [5.41, 5.74) is -0.325. The van der Waals surface area contributed by atoms with Crippen molar-refractivity contribution in [2.24, 2.45) is 0 Å². The molecule has 0 aliphatic rings. The molecular formula is C17H11F9O3. The average Bonchev–Trinajstić information content (AvgIpc) is 2.45. The first kappa shape index (κ1) is 22.5. The Morgan fingerprint density at radius 1 is 0.621 bits per heavy atom. The van der Waals surface area contributed by atoms with Crippen molar-refractivity contribution in [2.45, 2.75) is 32.9 Å². The molecule has 2 aromatic rings. The van der Waals surface area contributed by atoms with E-state index in [1.165, 1.54) is 32.0 Å². The highest BCUT2D eigenvalue weighted by molar-refractivity contribution is 5.80. The van der Waals surface area contributed by atoms with Crippen LogP contribution < -0.4 is 14.2 Å². The van der Waals surface area contributed by atoms with Crippen molar-refractivity contribution >= 4 is 0 Å². The maximum Gasteiger partial charge on any atom is 0.573 e. The molecule has 0 N–H and O–H groups in total. The molecule has 0 atom stereocenters. The van der Waals surface area contributed by atoms with Crippen LogP contribution in [-0.4, -0.2) is 19.1 Å². The molecular weight excluding hydrogens is 423 g/mol. The summed E-state index contributed by atoms with van der Waals surface area (Å²) in [6.45, 7) is 2.89. The van der Waals surface area contributed by atoms with Gasteiger partial charge in [0.2, 0.25) is 0 Å². The highest BCUT2D eigenvalue weighted by Crippen LogP contribution is 2.47. The van der Waals surface area contributed by atoms with Crippen molar-refractivity contribution in [3.63, 3.8) is 0 Å². The third-order valence-electron chi connectivity index (χ3n) is 3.39. The highest BCUT2D eigenvalue weighted by Gasteiger charge is 2.38. The van der Waals surface area contributed by atoms with Gasteiger partial charge in [0.15, 0.2) is 0 Å². The lowest BCUT2D eigenvalue weighted by atomic mass is 9.96. The van der Waals surface area contributed by atoms with E-state index >= 15 is 0 Å². The minimum absolute atomic E-state index is 0.165. The molecule has 2 rings (SSSR count). The van der Waals surface area contributed by atoms with Gasteiger partial charge < -0.3 is 14.2 Å². The zero-order valence-electron chi connectivity index (χ0n) is 14.5. The molecule has 0 radical (unpaired) electrons. The Morgan fingerprint density at radius 2 is 1.07 bits per heavy atom. The normalized spacial score (nSPS) is 12.7. The van der Waals surface area contributed by atoms with Crippen LogP contribution in [0.15, 0.2) is 30.3 Å². The van der Waals surface area contributed by atoms with Gasteiger partial charge in [-0.3, -0.25) is 0 Å².